The molecule has 1 spiro atoms. The Hall–Kier alpha value is -4.54. The Kier molecular flexibility index (Phi) is 10.3. The van der Waals surface area contributed by atoms with Crippen molar-refractivity contribution < 1.29 is 55.6 Å². The summed E-state index contributed by atoms with van der Waals surface area (Å²) in [6, 6.07) is 12.3. The maximum atomic E-state index is 10.6. The summed E-state index contributed by atoms with van der Waals surface area (Å²) in [5.41, 5.74) is 3.37. The molecule has 0 saturated carbocycles. The number of anilines is 1. The number of hydrogen-bond donors (Lipinski definition) is 3. The Morgan fingerprint density at radius 2 is 1.57 bits per heavy atom. The fourth-order valence-corrected chi connectivity index (χ4v) is 4.69. The number of methoxy groups -OCH3 is 2. The number of alkyl halides is 6. The summed E-state index contributed by atoms with van der Waals surface area (Å²) in [6.07, 6.45) is -6.15. The van der Waals surface area contributed by atoms with Gasteiger partial charge in [0.05, 0.1) is 37.3 Å². The van der Waals surface area contributed by atoms with Gasteiger partial charge in [-0.15, -0.1) is 0 Å². The summed E-state index contributed by atoms with van der Waals surface area (Å²) in [4.78, 5) is 29.6. The minimum absolute atomic E-state index is 0.130. The molecule has 5 rings (SSSR count). The number of rotatable bonds is 4. The number of hydrogen-bond acceptors (Lipinski definition) is 8. The number of nitrogens with zero attached hydrogens (tertiary/aromatic N) is 4. The lowest BCUT2D eigenvalue weighted by atomic mass is 9.82. The molecule has 2 aliphatic rings. The average Bonchev–Trinajstić information content (AvgIpc) is 3.36. The van der Waals surface area contributed by atoms with Gasteiger partial charge in [-0.25, -0.2) is 14.6 Å². The number of carboxylic acid groups (broad SMARTS) is 2. The first-order valence-corrected chi connectivity index (χ1v) is 12.8. The van der Waals surface area contributed by atoms with E-state index in [1.54, 1.807) is 14.2 Å². The van der Waals surface area contributed by atoms with Gasteiger partial charge in [0.15, 0.2) is 5.82 Å². The molecule has 44 heavy (non-hydrogen) atoms. The Bertz CT molecular complexity index is 1440. The van der Waals surface area contributed by atoms with Crippen LogP contribution in [0.5, 0.6) is 11.6 Å². The normalized spacial score (nSPS) is 15.3. The minimum Gasteiger partial charge on any atom is -0.497 e. The molecule has 0 atom stereocenters. The van der Waals surface area contributed by atoms with Gasteiger partial charge in [-0.1, -0.05) is 12.1 Å². The Morgan fingerprint density at radius 1 is 0.977 bits per heavy atom. The lowest BCUT2D eigenvalue weighted by molar-refractivity contribution is -0.193. The molecule has 1 fully saturated rings. The van der Waals surface area contributed by atoms with Gasteiger partial charge >= 0.3 is 24.3 Å². The zero-order valence-corrected chi connectivity index (χ0v) is 23.7. The van der Waals surface area contributed by atoms with E-state index in [-0.39, 0.29) is 5.54 Å². The average molecular weight is 634 g/mol. The molecule has 0 bridgehead atoms. The van der Waals surface area contributed by atoms with Crippen LogP contribution >= 0.6 is 0 Å². The molecule has 3 aromatic rings. The number of aryl methyl sites for hydroxylation is 1. The summed E-state index contributed by atoms with van der Waals surface area (Å²) >= 11 is 0. The first kappa shape index (κ1) is 34.0. The fourth-order valence-electron chi connectivity index (χ4n) is 4.69. The second kappa shape index (κ2) is 13.4. The summed E-state index contributed by atoms with van der Waals surface area (Å²) < 4.78 is 76.4. The maximum Gasteiger partial charge on any atom is 0.490 e. The molecule has 2 aliphatic heterocycles. The van der Waals surface area contributed by atoms with Gasteiger partial charge in [-0.05, 0) is 43.5 Å². The molecule has 0 unspecified atom stereocenters. The quantitative estimate of drug-likeness (QED) is 0.344. The second-order valence-electron chi connectivity index (χ2n) is 9.69. The van der Waals surface area contributed by atoms with Crippen molar-refractivity contribution in [3.8, 4) is 17.4 Å². The topological polar surface area (TPSA) is 139 Å². The highest BCUT2D eigenvalue weighted by molar-refractivity contribution is 5.73. The van der Waals surface area contributed by atoms with E-state index in [0.717, 1.165) is 55.6 Å². The van der Waals surface area contributed by atoms with Crippen molar-refractivity contribution in [3.05, 3.63) is 59.7 Å². The molecule has 4 heterocycles. The predicted octanol–water partition coefficient (Wildman–Crippen LogP) is 4.78. The number of likely N-dealkylation sites (tertiary alicyclic amines) is 1. The molecule has 17 heteroatoms. The molecular weight excluding hydrogens is 604 g/mol. The van der Waals surface area contributed by atoms with Gasteiger partial charge in [0.2, 0.25) is 5.88 Å². The molecule has 11 nitrogen and oxygen atoms in total. The van der Waals surface area contributed by atoms with Crippen LogP contribution in [0.4, 0.5) is 32.0 Å². The van der Waals surface area contributed by atoms with E-state index < -0.39 is 24.3 Å². The summed E-state index contributed by atoms with van der Waals surface area (Å²) in [6.45, 7) is 4.98. The third kappa shape index (κ3) is 8.09. The van der Waals surface area contributed by atoms with E-state index in [1.807, 2.05) is 25.3 Å². The molecule has 1 aromatic carbocycles. The van der Waals surface area contributed by atoms with E-state index in [4.69, 9.17) is 29.3 Å². The first-order valence-electron chi connectivity index (χ1n) is 12.8. The van der Waals surface area contributed by atoms with Gasteiger partial charge in [-0.3, -0.25) is 9.47 Å². The first-order chi connectivity index (χ1) is 20.5. The van der Waals surface area contributed by atoms with E-state index >= 15 is 0 Å². The van der Waals surface area contributed by atoms with Crippen molar-refractivity contribution in [1.29, 1.82) is 0 Å². The number of nitrogens with one attached hydrogen (secondary N) is 1. The number of piperidine rings is 1. The monoisotopic (exact) mass is 633 g/mol. The summed E-state index contributed by atoms with van der Waals surface area (Å²) in [7, 11) is 3.36. The number of ether oxygens (including phenoxy) is 2. The van der Waals surface area contributed by atoms with E-state index in [1.165, 1.54) is 11.3 Å². The van der Waals surface area contributed by atoms with E-state index in [9.17, 15) is 26.3 Å². The fraction of sp³-hybridized carbons (Fsp3) is 0.407. The Balaban J connectivity index is 0.000000317. The van der Waals surface area contributed by atoms with Crippen molar-refractivity contribution >= 4 is 17.6 Å². The zero-order chi connectivity index (χ0) is 32.9. The van der Waals surface area contributed by atoms with Gasteiger partial charge in [0, 0.05) is 25.7 Å². The molecule has 1 saturated heterocycles. The highest BCUT2D eigenvalue weighted by Gasteiger charge is 2.43. The van der Waals surface area contributed by atoms with Crippen LogP contribution in [0, 0.1) is 6.92 Å². The molecule has 0 aliphatic carbocycles. The number of carbonyl (C=O) groups is 2. The Morgan fingerprint density at radius 3 is 2.09 bits per heavy atom. The number of benzene rings is 1. The minimum atomic E-state index is -5.08. The summed E-state index contributed by atoms with van der Waals surface area (Å²) in [5, 5.41) is 18.1. The highest BCUT2D eigenvalue weighted by Crippen LogP contribution is 2.43. The zero-order valence-electron chi connectivity index (χ0n) is 23.7. The van der Waals surface area contributed by atoms with E-state index in [2.05, 4.69) is 49.0 Å². The number of imidazole rings is 1. The predicted molar refractivity (Wildman–Crippen MR) is 143 cm³/mol. The third-order valence-electron chi connectivity index (χ3n) is 6.81. The number of aromatic nitrogens is 3. The van der Waals surface area contributed by atoms with Crippen LogP contribution in [0.25, 0.3) is 5.82 Å². The largest absolute Gasteiger partial charge is 0.497 e. The number of carboxylic acids is 2. The molecule has 0 radical (unpaired) electrons. The van der Waals surface area contributed by atoms with Crippen LogP contribution in [0.2, 0.25) is 0 Å². The van der Waals surface area contributed by atoms with Gasteiger partial charge in [0.25, 0.3) is 0 Å². The molecule has 2 aromatic heterocycles. The smallest absolute Gasteiger partial charge is 0.490 e. The third-order valence-corrected chi connectivity index (χ3v) is 6.81. The van der Waals surface area contributed by atoms with Crippen LogP contribution in [-0.2, 0) is 21.7 Å². The van der Waals surface area contributed by atoms with Crippen molar-refractivity contribution in [2.45, 2.75) is 44.2 Å². The molecule has 3 N–H and O–H groups in total. The lowest BCUT2D eigenvalue weighted by Gasteiger charge is -2.45. The lowest BCUT2D eigenvalue weighted by Crippen LogP contribution is -2.49. The van der Waals surface area contributed by atoms with Crippen molar-refractivity contribution in [1.82, 2.24) is 19.4 Å². The second-order valence-corrected chi connectivity index (χ2v) is 9.69. The van der Waals surface area contributed by atoms with Crippen LogP contribution in [0.1, 0.15) is 29.9 Å². The van der Waals surface area contributed by atoms with Crippen LogP contribution in [0.15, 0.2) is 42.6 Å². The molecule has 240 valence electrons. The van der Waals surface area contributed by atoms with Crippen LogP contribution in [-0.4, -0.2) is 81.2 Å². The van der Waals surface area contributed by atoms with Gasteiger partial charge in [0.1, 0.15) is 11.6 Å². The number of halogens is 6. The summed E-state index contributed by atoms with van der Waals surface area (Å²) in [5.74, 6) is -2.18. The van der Waals surface area contributed by atoms with Crippen LogP contribution < -0.4 is 14.8 Å². The van der Waals surface area contributed by atoms with E-state index in [0.29, 0.717) is 5.88 Å². The number of aliphatic carboxylic acids is 2. The highest BCUT2D eigenvalue weighted by atomic mass is 19.4. The molecular formula is C27H29F6N5O6. The standard InChI is InChI=1S/C23H27N5O2.2C2HF3O2/c1-16-24-14-20-23(26-19-7-8-21(30-3)25-22(19)28(16)20)9-11-27(12-10-23)15-17-5-4-6-18(13-17)29-2;2*3-2(4,5)1(6)7/h4-8,13-14,26H,9-12,15H2,1-3H3;2*(H,6,7). The molecule has 0 amide bonds. The number of fused-ring (bicyclic) bond motifs is 4. The number of pyridine rings is 1. The van der Waals surface area contributed by atoms with Crippen molar-refractivity contribution in [2.75, 3.05) is 32.6 Å². The Labute approximate surface area is 247 Å². The van der Waals surface area contributed by atoms with Gasteiger partial charge < -0.3 is 25.0 Å². The van der Waals surface area contributed by atoms with Crippen molar-refractivity contribution in [3.63, 3.8) is 0 Å². The SMILES string of the molecule is COc1cccc(CN2CCC3(CC2)Nc2ccc(OC)nc2-n2c3cnc2C)c1.O=C(O)C(F)(F)F.O=C(O)C(F)(F)F. The van der Waals surface area contributed by atoms with Crippen LogP contribution in [0.3, 0.4) is 0 Å². The van der Waals surface area contributed by atoms with Crippen molar-refractivity contribution in [2.24, 2.45) is 0 Å². The van der Waals surface area contributed by atoms with Gasteiger partial charge in [-0.2, -0.15) is 31.3 Å². The maximum absolute atomic E-state index is 10.6.